The number of aromatic amines is 1. The third-order valence-corrected chi connectivity index (χ3v) is 4.91. The van der Waals surface area contributed by atoms with Crippen LogP contribution in [0.4, 0.5) is 0 Å². The maximum Gasteiger partial charge on any atom is 0.179 e. The fourth-order valence-electron chi connectivity index (χ4n) is 2.06. The van der Waals surface area contributed by atoms with Gasteiger partial charge in [-0.2, -0.15) is 5.10 Å². The lowest BCUT2D eigenvalue weighted by Gasteiger charge is -2.06. The number of sulfone groups is 1. The zero-order chi connectivity index (χ0) is 12.0. The Morgan fingerprint density at radius 3 is 3.00 bits per heavy atom. The molecule has 4 nitrogen and oxygen atoms in total. The molecule has 1 aliphatic heterocycles. The third-order valence-electron chi connectivity index (χ3n) is 2.90. The van der Waals surface area contributed by atoms with Crippen molar-refractivity contribution in [2.75, 3.05) is 5.75 Å². The molecule has 1 aliphatic rings. The van der Waals surface area contributed by atoms with Gasteiger partial charge >= 0.3 is 0 Å². The molecule has 0 spiro atoms. The fraction of sp³-hybridized carbons (Fsp3) is 0.182. The molecule has 0 radical (unpaired) electrons. The summed E-state index contributed by atoms with van der Waals surface area (Å²) in [4.78, 5) is 0.324. The molecule has 1 aromatic heterocycles. The SMILES string of the molecule is O=S1(=O)CCc2cn[nH]c2-c2cc(Cl)ccc21. The quantitative estimate of drug-likeness (QED) is 0.795. The molecule has 6 heteroatoms. The molecule has 2 aromatic rings. The van der Waals surface area contributed by atoms with Crippen LogP contribution in [0.5, 0.6) is 0 Å². The maximum atomic E-state index is 12.1. The Labute approximate surface area is 104 Å². The van der Waals surface area contributed by atoms with Gasteiger partial charge in [0.1, 0.15) is 0 Å². The zero-order valence-electron chi connectivity index (χ0n) is 8.77. The van der Waals surface area contributed by atoms with Crippen molar-refractivity contribution >= 4 is 21.4 Å². The Morgan fingerprint density at radius 2 is 2.18 bits per heavy atom. The smallest absolute Gasteiger partial charge is 0.179 e. The summed E-state index contributed by atoms with van der Waals surface area (Å²) in [6.45, 7) is 0. The third kappa shape index (κ3) is 1.66. The van der Waals surface area contributed by atoms with Gasteiger partial charge in [0.15, 0.2) is 9.84 Å². The van der Waals surface area contributed by atoms with Gasteiger partial charge in [-0.3, -0.25) is 5.10 Å². The van der Waals surface area contributed by atoms with Gasteiger partial charge in [-0.05, 0) is 30.2 Å². The summed E-state index contributed by atoms with van der Waals surface area (Å²) in [5.74, 6) is 0.105. The van der Waals surface area contributed by atoms with Crippen LogP contribution >= 0.6 is 11.6 Å². The highest BCUT2D eigenvalue weighted by Gasteiger charge is 2.26. The van der Waals surface area contributed by atoms with E-state index in [2.05, 4.69) is 10.2 Å². The molecule has 1 N–H and O–H groups in total. The summed E-state index contributed by atoms with van der Waals surface area (Å²) >= 11 is 5.93. The summed E-state index contributed by atoms with van der Waals surface area (Å²) in [5, 5.41) is 7.32. The summed E-state index contributed by atoms with van der Waals surface area (Å²) in [5.41, 5.74) is 2.28. The van der Waals surface area contributed by atoms with E-state index in [1.165, 1.54) is 0 Å². The van der Waals surface area contributed by atoms with Crippen LogP contribution in [-0.2, 0) is 16.3 Å². The van der Waals surface area contributed by atoms with Gasteiger partial charge in [0.05, 0.1) is 22.5 Å². The average molecular weight is 269 g/mol. The first-order chi connectivity index (χ1) is 8.08. The van der Waals surface area contributed by atoms with Gasteiger partial charge in [0, 0.05) is 10.6 Å². The van der Waals surface area contributed by atoms with Crippen molar-refractivity contribution in [1.82, 2.24) is 10.2 Å². The molecule has 1 aromatic carbocycles. The average Bonchev–Trinajstić information content (AvgIpc) is 2.70. The summed E-state index contributed by atoms with van der Waals surface area (Å²) in [6.07, 6.45) is 2.14. The summed E-state index contributed by atoms with van der Waals surface area (Å²) < 4.78 is 24.2. The molecule has 3 rings (SSSR count). The van der Waals surface area contributed by atoms with Gasteiger partial charge in [0.25, 0.3) is 0 Å². The van der Waals surface area contributed by atoms with E-state index in [0.717, 1.165) is 11.3 Å². The number of halogens is 1. The molecular formula is C11H9ClN2O2S. The zero-order valence-corrected chi connectivity index (χ0v) is 10.3. The van der Waals surface area contributed by atoms with Gasteiger partial charge in [0.2, 0.25) is 0 Å². The molecule has 0 aliphatic carbocycles. The first kappa shape index (κ1) is 10.8. The van der Waals surface area contributed by atoms with Crippen molar-refractivity contribution in [2.24, 2.45) is 0 Å². The summed E-state index contributed by atoms with van der Waals surface area (Å²) in [6, 6.07) is 4.82. The monoisotopic (exact) mass is 268 g/mol. The normalized spacial score (nSPS) is 17.0. The van der Waals surface area contributed by atoms with Gasteiger partial charge in [-0.15, -0.1) is 0 Å². The van der Waals surface area contributed by atoms with Crippen molar-refractivity contribution in [3.05, 3.63) is 35.0 Å². The molecule has 0 unspecified atom stereocenters. The van der Waals surface area contributed by atoms with Crippen LogP contribution in [0.1, 0.15) is 5.56 Å². The highest BCUT2D eigenvalue weighted by Crippen LogP contribution is 2.34. The van der Waals surface area contributed by atoms with Crippen LogP contribution in [0, 0.1) is 0 Å². The van der Waals surface area contributed by atoms with Crippen molar-refractivity contribution in [3.8, 4) is 11.3 Å². The number of H-pyrrole nitrogens is 1. The maximum absolute atomic E-state index is 12.1. The number of nitrogens with one attached hydrogen (secondary N) is 1. The standard InChI is InChI=1S/C11H9ClN2O2S/c12-8-1-2-10-9(5-8)11-7(6-13-14-11)3-4-17(10,15)16/h1-2,5-6H,3-4H2,(H,13,14). The number of nitrogens with zero attached hydrogens (tertiary/aromatic N) is 1. The molecule has 17 heavy (non-hydrogen) atoms. The number of fused-ring (bicyclic) bond motifs is 3. The predicted octanol–water partition coefficient (Wildman–Crippen LogP) is 2.06. The van der Waals surface area contributed by atoms with Gasteiger partial charge in [-0.25, -0.2) is 8.42 Å². The van der Waals surface area contributed by atoms with E-state index in [1.807, 2.05) is 0 Å². The minimum atomic E-state index is -3.24. The van der Waals surface area contributed by atoms with Crippen LogP contribution in [0.25, 0.3) is 11.3 Å². The lowest BCUT2D eigenvalue weighted by molar-refractivity contribution is 0.596. The van der Waals surface area contributed by atoms with Crippen LogP contribution in [0.3, 0.4) is 0 Å². The van der Waals surface area contributed by atoms with E-state index in [1.54, 1.807) is 24.4 Å². The van der Waals surface area contributed by atoms with E-state index in [9.17, 15) is 8.42 Å². The fourth-order valence-corrected chi connectivity index (χ4v) is 3.71. The van der Waals surface area contributed by atoms with Crippen molar-refractivity contribution in [2.45, 2.75) is 11.3 Å². The number of rotatable bonds is 0. The Morgan fingerprint density at radius 1 is 1.35 bits per heavy atom. The second kappa shape index (κ2) is 3.58. The van der Waals surface area contributed by atoms with E-state index in [-0.39, 0.29) is 5.75 Å². The molecule has 0 atom stereocenters. The highest BCUT2D eigenvalue weighted by atomic mass is 35.5. The number of aromatic nitrogens is 2. The largest absolute Gasteiger partial charge is 0.278 e. The van der Waals surface area contributed by atoms with Crippen molar-refractivity contribution in [3.63, 3.8) is 0 Å². The summed E-state index contributed by atoms with van der Waals surface area (Å²) in [7, 11) is -3.24. The molecule has 0 saturated carbocycles. The second-order valence-electron chi connectivity index (χ2n) is 3.98. The molecule has 0 fully saturated rings. The van der Waals surface area contributed by atoms with E-state index in [0.29, 0.717) is 21.9 Å². The predicted molar refractivity (Wildman–Crippen MR) is 64.8 cm³/mol. The Balaban J connectivity index is 2.40. The topological polar surface area (TPSA) is 62.8 Å². The molecule has 0 bridgehead atoms. The first-order valence-corrected chi connectivity index (χ1v) is 7.16. The van der Waals surface area contributed by atoms with Crippen LogP contribution in [0.15, 0.2) is 29.3 Å². The second-order valence-corrected chi connectivity index (χ2v) is 6.49. The lowest BCUT2D eigenvalue weighted by Crippen LogP contribution is -2.07. The van der Waals surface area contributed by atoms with E-state index < -0.39 is 9.84 Å². The van der Waals surface area contributed by atoms with Crippen LogP contribution in [0.2, 0.25) is 5.02 Å². The van der Waals surface area contributed by atoms with Gasteiger partial charge in [-0.1, -0.05) is 11.6 Å². The molecule has 2 heterocycles. The van der Waals surface area contributed by atoms with E-state index in [4.69, 9.17) is 11.6 Å². The Bertz CT molecular complexity index is 691. The van der Waals surface area contributed by atoms with Crippen LogP contribution in [-0.4, -0.2) is 24.4 Å². The molecule has 0 amide bonds. The number of hydrogen-bond donors (Lipinski definition) is 1. The molecule has 88 valence electrons. The van der Waals surface area contributed by atoms with E-state index >= 15 is 0 Å². The minimum absolute atomic E-state index is 0.105. The van der Waals surface area contributed by atoms with Crippen molar-refractivity contribution < 1.29 is 8.42 Å². The lowest BCUT2D eigenvalue weighted by atomic mass is 10.1. The first-order valence-electron chi connectivity index (χ1n) is 5.13. The van der Waals surface area contributed by atoms with Crippen LogP contribution < -0.4 is 0 Å². The minimum Gasteiger partial charge on any atom is -0.278 e. The molecular weight excluding hydrogens is 260 g/mol. The number of benzene rings is 1. The Kier molecular flexibility index (Phi) is 2.27. The highest BCUT2D eigenvalue weighted by molar-refractivity contribution is 7.91. The Hall–Kier alpha value is -1.33. The molecule has 0 saturated heterocycles. The van der Waals surface area contributed by atoms with Crippen molar-refractivity contribution in [1.29, 1.82) is 0 Å². The van der Waals surface area contributed by atoms with Gasteiger partial charge < -0.3 is 0 Å². The number of aryl methyl sites for hydroxylation is 1. The number of hydrogen-bond acceptors (Lipinski definition) is 3.